The fraction of sp³-hybridized carbons (Fsp3) is 0.300. The minimum Gasteiger partial charge on any atom is -0.468 e. The van der Waals surface area contributed by atoms with Crippen LogP contribution in [0.3, 0.4) is 0 Å². The monoisotopic (exact) mass is 256 g/mol. The Hall–Kier alpha value is -1.75. The topological polar surface area (TPSA) is 101 Å². The van der Waals surface area contributed by atoms with Crippen LogP contribution >= 0.6 is 12.4 Å². The van der Waals surface area contributed by atoms with Crippen molar-refractivity contribution in [3.8, 4) is 0 Å². The van der Waals surface area contributed by atoms with Gasteiger partial charge in [-0.3, -0.25) is 4.79 Å². The molecule has 1 atom stereocenters. The molecule has 0 unspecified atom stereocenters. The Bertz CT molecular complexity index is 415. The van der Waals surface area contributed by atoms with E-state index >= 15 is 0 Å². The van der Waals surface area contributed by atoms with Crippen LogP contribution in [-0.4, -0.2) is 19.1 Å². The summed E-state index contributed by atoms with van der Waals surface area (Å²) in [6.45, 7) is 0. The van der Waals surface area contributed by atoms with E-state index in [9.17, 15) is 4.79 Å². The average Bonchev–Trinajstić information content (AvgIpc) is 2.31. The summed E-state index contributed by atoms with van der Waals surface area (Å²) >= 11 is 0. The van der Waals surface area contributed by atoms with Crippen molar-refractivity contribution in [3.05, 3.63) is 40.3 Å². The van der Waals surface area contributed by atoms with Gasteiger partial charge in [0.1, 0.15) is 6.04 Å². The first kappa shape index (κ1) is 15.2. The third-order valence-corrected chi connectivity index (χ3v) is 2.06. The van der Waals surface area contributed by atoms with E-state index in [1.54, 1.807) is 24.3 Å². The Morgan fingerprint density at radius 1 is 1.53 bits per heavy atom. The number of benzene rings is 1. The molecule has 0 amide bonds. The van der Waals surface area contributed by atoms with Crippen LogP contribution in [0.4, 0.5) is 5.69 Å². The van der Waals surface area contributed by atoms with E-state index in [-0.39, 0.29) is 12.4 Å². The molecule has 0 fully saturated rings. The molecule has 1 aromatic carbocycles. The van der Waals surface area contributed by atoms with Crippen LogP contribution in [0.15, 0.2) is 29.4 Å². The second-order valence-corrected chi connectivity index (χ2v) is 3.19. The van der Waals surface area contributed by atoms with Gasteiger partial charge in [0, 0.05) is 10.6 Å². The molecule has 1 aromatic rings. The largest absolute Gasteiger partial charge is 0.468 e. The van der Waals surface area contributed by atoms with Gasteiger partial charge >= 0.3 is 5.97 Å². The van der Waals surface area contributed by atoms with E-state index in [2.05, 4.69) is 14.8 Å². The predicted molar refractivity (Wildman–Crippen MR) is 66.2 cm³/mol. The Labute approximate surface area is 105 Å². The summed E-state index contributed by atoms with van der Waals surface area (Å²) < 4.78 is 4.52. The highest BCUT2D eigenvalue weighted by molar-refractivity contribution is 5.85. The van der Waals surface area contributed by atoms with Gasteiger partial charge in [0.05, 0.1) is 7.11 Å². The zero-order chi connectivity index (χ0) is 12.0. The van der Waals surface area contributed by atoms with Crippen LogP contribution in [-0.2, 0) is 16.0 Å². The van der Waals surface area contributed by atoms with Gasteiger partial charge in [0.15, 0.2) is 0 Å². The summed E-state index contributed by atoms with van der Waals surface area (Å²) in [5.41, 5.74) is 15.2. The van der Waals surface area contributed by atoms with Gasteiger partial charge in [-0.25, -0.2) is 0 Å². The third kappa shape index (κ3) is 4.74. The molecule has 7 heteroatoms. The molecular weight excluding hydrogens is 244 g/mol. The standard InChI is InChI=1S/C10H12N4O2.ClH/c1-16-10(15)9(11)6-7-2-4-8(5-3-7)13-14-12;/h2-5,9H,6,11H2,1H3;1H/t9-;/m0./s1. The van der Waals surface area contributed by atoms with Crippen LogP contribution in [0.2, 0.25) is 0 Å². The van der Waals surface area contributed by atoms with Crippen molar-refractivity contribution in [2.24, 2.45) is 10.8 Å². The van der Waals surface area contributed by atoms with Crippen molar-refractivity contribution < 1.29 is 9.53 Å². The number of nitrogens with two attached hydrogens (primary N) is 1. The molecule has 6 nitrogen and oxygen atoms in total. The fourth-order valence-electron chi connectivity index (χ4n) is 1.24. The van der Waals surface area contributed by atoms with E-state index in [1.807, 2.05) is 0 Å². The van der Waals surface area contributed by atoms with Crippen molar-refractivity contribution in [1.82, 2.24) is 0 Å². The Morgan fingerprint density at radius 2 is 2.12 bits per heavy atom. The maximum absolute atomic E-state index is 11.1. The van der Waals surface area contributed by atoms with E-state index in [4.69, 9.17) is 11.3 Å². The van der Waals surface area contributed by atoms with Gasteiger partial charge in [-0.2, -0.15) is 0 Å². The lowest BCUT2D eigenvalue weighted by Gasteiger charge is -2.08. The Balaban J connectivity index is 0.00000256. The number of hydrogen-bond acceptors (Lipinski definition) is 4. The number of halogens is 1. The zero-order valence-corrected chi connectivity index (χ0v) is 10.1. The molecule has 0 aliphatic carbocycles. The van der Waals surface area contributed by atoms with E-state index < -0.39 is 12.0 Å². The highest BCUT2D eigenvalue weighted by atomic mass is 35.5. The molecular formula is C10H13ClN4O2. The minimum atomic E-state index is -0.671. The lowest BCUT2D eigenvalue weighted by Crippen LogP contribution is -2.33. The maximum Gasteiger partial charge on any atom is 0.322 e. The van der Waals surface area contributed by atoms with Crippen molar-refractivity contribution in [3.63, 3.8) is 0 Å². The number of esters is 1. The van der Waals surface area contributed by atoms with Crippen molar-refractivity contribution in [2.75, 3.05) is 7.11 Å². The van der Waals surface area contributed by atoms with E-state index in [1.165, 1.54) is 7.11 Å². The highest BCUT2D eigenvalue weighted by Gasteiger charge is 2.13. The van der Waals surface area contributed by atoms with Gasteiger partial charge < -0.3 is 10.5 Å². The number of rotatable bonds is 4. The smallest absolute Gasteiger partial charge is 0.322 e. The fourth-order valence-corrected chi connectivity index (χ4v) is 1.24. The van der Waals surface area contributed by atoms with Gasteiger partial charge in [-0.15, -0.1) is 12.4 Å². The number of methoxy groups -OCH3 is 1. The van der Waals surface area contributed by atoms with Crippen LogP contribution in [0.1, 0.15) is 5.56 Å². The summed E-state index contributed by atoms with van der Waals surface area (Å²) in [5.74, 6) is -0.445. The quantitative estimate of drug-likeness (QED) is 0.386. The Kier molecular flexibility index (Phi) is 6.74. The summed E-state index contributed by atoms with van der Waals surface area (Å²) in [7, 11) is 1.30. The molecule has 0 aromatic heterocycles. The van der Waals surface area contributed by atoms with Gasteiger partial charge in [-0.05, 0) is 17.5 Å². The van der Waals surface area contributed by atoms with E-state index in [0.29, 0.717) is 12.1 Å². The molecule has 0 saturated carbocycles. The number of nitrogens with zero attached hydrogens (tertiary/aromatic N) is 3. The predicted octanol–water partition coefficient (Wildman–Crippen LogP) is 2.09. The van der Waals surface area contributed by atoms with Crippen LogP contribution in [0, 0.1) is 0 Å². The van der Waals surface area contributed by atoms with Crippen molar-refractivity contribution in [1.29, 1.82) is 0 Å². The SMILES string of the molecule is COC(=O)[C@@H](N)Cc1ccc(N=[N+]=[N-])cc1.Cl. The number of carbonyl (C=O) groups is 1. The molecule has 17 heavy (non-hydrogen) atoms. The lowest BCUT2D eigenvalue weighted by atomic mass is 10.1. The first-order chi connectivity index (χ1) is 7.67. The average molecular weight is 257 g/mol. The van der Waals surface area contributed by atoms with Crippen molar-refractivity contribution in [2.45, 2.75) is 12.5 Å². The lowest BCUT2D eigenvalue weighted by molar-refractivity contribution is -0.142. The zero-order valence-electron chi connectivity index (χ0n) is 9.24. The highest BCUT2D eigenvalue weighted by Crippen LogP contribution is 2.14. The maximum atomic E-state index is 11.1. The summed E-state index contributed by atoms with van der Waals surface area (Å²) in [5, 5.41) is 3.44. The first-order valence-corrected chi connectivity index (χ1v) is 4.65. The number of carbonyl (C=O) groups excluding carboxylic acids is 1. The molecule has 92 valence electrons. The molecule has 0 spiro atoms. The second-order valence-electron chi connectivity index (χ2n) is 3.19. The summed E-state index contributed by atoms with van der Waals surface area (Å²) in [4.78, 5) is 13.7. The van der Waals surface area contributed by atoms with Gasteiger partial charge in [-0.1, -0.05) is 29.4 Å². The molecule has 0 bridgehead atoms. The number of ether oxygens (including phenoxy) is 1. The van der Waals surface area contributed by atoms with Crippen molar-refractivity contribution >= 4 is 24.1 Å². The van der Waals surface area contributed by atoms with Crippen LogP contribution in [0.5, 0.6) is 0 Å². The normalized spacial score (nSPS) is 10.7. The number of azide groups is 1. The van der Waals surface area contributed by atoms with Crippen LogP contribution < -0.4 is 5.73 Å². The second kappa shape index (κ2) is 7.51. The molecule has 0 radical (unpaired) electrons. The number of hydrogen-bond donors (Lipinski definition) is 1. The molecule has 0 heterocycles. The third-order valence-electron chi connectivity index (χ3n) is 2.06. The molecule has 1 rings (SSSR count). The van der Waals surface area contributed by atoms with Gasteiger partial charge in [0.2, 0.25) is 0 Å². The van der Waals surface area contributed by atoms with Gasteiger partial charge in [0.25, 0.3) is 0 Å². The molecule has 0 aliphatic rings. The van der Waals surface area contributed by atoms with E-state index in [0.717, 1.165) is 5.56 Å². The summed E-state index contributed by atoms with van der Waals surface area (Å²) in [6.07, 6.45) is 0.392. The molecule has 2 N–H and O–H groups in total. The summed E-state index contributed by atoms with van der Waals surface area (Å²) in [6, 6.07) is 6.17. The van der Waals surface area contributed by atoms with Crippen LogP contribution in [0.25, 0.3) is 10.4 Å². The first-order valence-electron chi connectivity index (χ1n) is 4.65. The Morgan fingerprint density at radius 3 is 2.59 bits per heavy atom. The molecule has 0 aliphatic heterocycles. The molecule has 0 saturated heterocycles. The minimum absolute atomic E-state index is 0.